The maximum Gasteiger partial charge on any atom is 0.0716 e. The van der Waals surface area contributed by atoms with E-state index in [4.69, 9.17) is 4.74 Å². The number of hydrogen-bond acceptors (Lipinski definition) is 2. The lowest BCUT2D eigenvalue weighted by atomic mass is 10.1. The molecule has 1 aromatic carbocycles. The Morgan fingerprint density at radius 2 is 1.74 bits per heavy atom. The molecule has 0 bridgehead atoms. The first kappa shape index (κ1) is 16.2. The SMILES string of the molecule is CCCCCCCCOCc1cccc(CNC)c1. The summed E-state index contributed by atoms with van der Waals surface area (Å²) >= 11 is 0. The maximum absolute atomic E-state index is 5.74. The number of nitrogens with one attached hydrogen (secondary N) is 1. The highest BCUT2D eigenvalue weighted by molar-refractivity contribution is 5.22. The molecule has 0 aliphatic carbocycles. The Morgan fingerprint density at radius 3 is 2.53 bits per heavy atom. The number of benzene rings is 1. The highest BCUT2D eigenvalue weighted by Gasteiger charge is 1.96. The van der Waals surface area contributed by atoms with Gasteiger partial charge in [-0.25, -0.2) is 0 Å². The van der Waals surface area contributed by atoms with Crippen LogP contribution in [0.25, 0.3) is 0 Å². The van der Waals surface area contributed by atoms with Crippen molar-refractivity contribution in [3.05, 3.63) is 35.4 Å². The molecule has 1 N–H and O–H groups in total. The van der Waals surface area contributed by atoms with E-state index < -0.39 is 0 Å². The zero-order valence-corrected chi connectivity index (χ0v) is 12.6. The van der Waals surface area contributed by atoms with Gasteiger partial charge in [0.25, 0.3) is 0 Å². The van der Waals surface area contributed by atoms with E-state index >= 15 is 0 Å². The highest BCUT2D eigenvalue weighted by Crippen LogP contribution is 2.08. The predicted molar refractivity (Wildman–Crippen MR) is 82.2 cm³/mol. The minimum Gasteiger partial charge on any atom is -0.377 e. The van der Waals surface area contributed by atoms with E-state index in [1.54, 1.807) is 0 Å². The summed E-state index contributed by atoms with van der Waals surface area (Å²) in [4.78, 5) is 0. The van der Waals surface area contributed by atoms with Crippen LogP contribution >= 0.6 is 0 Å². The Morgan fingerprint density at radius 1 is 1.00 bits per heavy atom. The second-order valence-corrected chi connectivity index (χ2v) is 5.17. The minimum atomic E-state index is 0.743. The summed E-state index contributed by atoms with van der Waals surface area (Å²) in [5.74, 6) is 0. The van der Waals surface area contributed by atoms with Gasteiger partial charge in [-0.1, -0.05) is 63.3 Å². The molecule has 0 spiro atoms. The van der Waals surface area contributed by atoms with Crippen molar-refractivity contribution in [3.63, 3.8) is 0 Å². The van der Waals surface area contributed by atoms with Gasteiger partial charge in [0, 0.05) is 13.2 Å². The number of hydrogen-bond donors (Lipinski definition) is 1. The summed E-state index contributed by atoms with van der Waals surface area (Å²) in [5, 5.41) is 3.17. The Hall–Kier alpha value is -0.860. The fourth-order valence-corrected chi connectivity index (χ4v) is 2.21. The van der Waals surface area contributed by atoms with Crippen LogP contribution in [0.1, 0.15) is 56.6 Å². The molecule has 2 heteroatoms. The lowest BCUT2D eigenvalue weighted by molar-refractivity contribution is 0.116. The Kier molecular flexibility index (Phi) is 9.38. The lowest BCUT2D eigenvalue weighted by Crippen LogP contribution is -2.05. The van der Waals surface area contributed by atoms with Gasteiger partial charge in [0.1, 0.15) is 0 Å². The van der Waals surface area contributed by atoms with E-state index in [-0.39, 0.29) is 0 Å². The van der Waals surface area contributed by atoms with Gasteiger partial charge in [0.15, 0.2) is 0 Å². The molecule has 0 aromatic heterocycles. The standard InChI is InChI=1S/C17H29NO/c1-3-4-5-6-7-8-12-19-15-17-11-9-10-16(13-17)14-18-2/h9-11,13,18H,3-8,12,14-15H2,1-2H3. The summed E-state index contributed by atoms with van der Waals surface area (Å²) in [5.41, 5.74) is 2.60. The second kappa shape index (κ2) is 11.0. The van der Waals surface area contributed by atoms with E-state index in [0.717, 1.165) is 19.8 Å². The van der Waals surface area contributed by atoms with E-state index in [9.17, 15) is 0 Å². The smallest absolute Gasteiger partial charge is 0.0716 e. The molecular weight excluding hydrogens is 234 g/mol. The van der Waals surface area contributed by atoms with Crippen LogP contribution in [-0.2, 0) is 17.9 Å². The van der Waals surface area contributed by atoms with Crippen LogP contribution in [0.2, 0.25) is 0 Å². The third kappa shape index (κ3) is 8.02. The molecular formula is C17H29NO. The van der Waals surface area contributed by atoms with Gasteiger partial charge < -0.3 is 10.1 Å². The van der Waals surface area contributed by atoms with Gasteiger partial charge in [-0.2, -0.15) is 0 Å². The molecule has 0 unspecified atom stereocenters. The maximum atomic E-state index is 5.74. The topological polar surface area (TPSA) is 21.3 Å². The fraction of sp³-hybridized carbons (Fsp3) is 0.647. The van der Waals surface area contributed by atoms with E-state index in [1.165, 1.54) is 49.7 Å². The van der Waals surface area contributed by atoms with Gasteiger partial charge in [-0.15, -0.1) is 0 Å². The zero-order valence-electron chi connectivity index (χ0n) is 12.6. The van der Waals surface area contributed by atoms with Gasteiger partial charge in [-0.3, -0.25) is 0 Å². The van der Waals surface area contributed by atoms with Gasteiger partial charge in [-0.05, 0) is 24.6 Å². The van der Waals surface area contributed by atoms with Crippen LogP contribution in [0.5, 0.6) is 0 Å². The van der Waals surface area contributed by atoms with Gasteiger partial charge >= 0.3 is 0 Å². The van der Waals surface area contributed by atoms with Crippen LogP contribution in [0, 0.1) is 0 Å². The van der Waals surface area contributed by atoms with Gasteiger partial charge in [0.05, 0.1) is 6.61 Å². The summed E-state index contributed by atoms with van der Waals surface area (Å²) < 4.78 is 5.74. The Balaban J connectivity index is 2.07. The average Bonchev–Trinajstić information content (AvgIpc) is 2.43. The van der Waals surface area contributed by atoms with Crippen LogP contribution < -0.4 is 5.32 Å². The lowest BCUT2D eigenvalue weighted by Gasteiger charge is -2.06. The van der Waals surface area contributed by atoms with Crippen molar-refractivity contribution in [1.29, 1.82) is 0 Å². The minimum absolute atomic E-state index is 0.743. The van der Waals surface area contributed by atoms with Crippen LogP contribution in [-0.4, -0.2) is 13.7 Å². The molecule has 1 aromatic rings. The number of rotatable bonds is 11. The molecule has 2 nitrogen and oxygen atoms in total. The largest absolute Gasteiger partial charge is 0.377 e. The van der Waals surface area contributed by atoms with Gasteiger partial charge in [0.2, 0.25) is 0 Å². The molecule has 0 fully saturated rings. The van der Waals surface area contributed by atoms with Crippen molar-refractivity contribution < 1.29 is 4.74 Å². The highest BCUT2D eigenvalue weighted by atomic mass is 16.5. The summed E-state index contributed by atoms with van der Waals surface area (Å²) in [6.07, 6.45) is 7.93. The second-order valence-electron chi connectivity index (χ2n) is 5.17. The van der Waals surface area contributed by atoms with Crippen molar-refractivity contribution in [2.75, 3.05) is 13.7 Å². The molecule has 0 aliphatic rings. The van der Waals surface area contributed by atoms with Crippen LogP contribution in [0.15, 0.2) is 24.3 Å². The Bertz CT molecular complexity index is 325. The van der Waals surface area contributed by atoms with Crippen molar-refractivity contribution in [3.8, 4) is 0 Å². The molecule has 108 valence electrons. The van der Waals surface area contributed by atoms with E-state index in [0.29, 0.717) is 0 Å². The molecule has 0 heterocycles. The molecule has 0 amide bonds. The quantitative estimate of drug-likeness (QED) is 0.602. The molecule has 0 saturated carbocycles. The predicted octanol–water partition coefficient (Wildman–Crippen LogP) is 4.28. The molecule has 1 rings (SSSR count). The first-order valence-electron chi connectivity index (χ1n) is 7.67. The third-order valence-electron chi connectivity index (χ3n) is 3.28. The number of unbranched alkanes of at least 4 members (excludes halogenated alkanes) is 5. The van der Waals surface area contributed by atoms with Crippen molar-refractivity contribution >= 4 is 0 Å². The third-order valence-corrected chi connectivity index (χ3v) is 3.28. The van der Waals surface area contributed by atoms with Crippen molar-refractivity contribution in [1.82, 2.24) is 5.32 Å². The molecule has 0 atom stereocenters. The molecule has 0 saturated heterocycles. The zero-order chi connectivity index (χ0) is 13.8. The van der Waals surface area contributed by atoms with E-state index in [1.807, 2.05) is 7.05 Å². The van der Waals surface area contributed by atoms with Crippen LogP contribution in [0.4, 0.5) is 0 Å². The normalized spacial score (nSPS) is 10.8. The van der Waals surface area contributed by atoms with Crippen molar-refractivity contribution in [2.24, 2.45) is 0 Å². The molecule has 0 radical (unpaired) electrons. The summed E-state index contributed by atoms with van der Waals surface area (Å²) in [7, 11) is 1.97. The van der Waals surface area contributed by atoms with E-state index in [2.05, 4.69) is 36.5 Å². The number of ether oxygens (including phenoxy) is 1. The van der Waals surface area contributed by atoms with Crippen molar-refractivity contribution in [2.45, 2.75) is 58.6 Å². The first-order valence-corrected chi connectivity index (χ1v) is 7.67. The Labute approximate surface area is 118 Å². The summed E-state index contributed by atoms with van der Waals surface area (Å²) in [6.45, 7) is 4.81. The summed E-state index contributed by atoms with van der Waals surface area (Å²) in [6, 6.07) is 8.61. The first-order chi connectivity index (χ1) is 9.36. The fourth-order valence-electron chi connectivity index (χ4n) is 2.21. The van der Waals surface area contributed by atoms with Crippen LogP contribution in [0.3, 0.4) is 0 Å². The molecule has 0 aliphatic heterocycles. The molecule has 19 heavy (non-hydrogen) atoms. The monoisotopic (exact) mass is 263 g/mol. The average molecular weight is 263 g/mol.